The Balaban J connectivity index is 2.02. The van der Waals surface area contributed by atoms with Gasteiger partial charge in [0.1, 0.15) is 0 Å². The average Bonchev–Trinajstić information content (AvgIpc) is 2.96. The number of hydrogen-bond donors (Lipinski definition) is 2. The molecule has 6 heteroatoms. The molecule has 0 aromatic heterocycles. The van der Waals surface area contributed by atoms with Crippen LogP contribution in [0.3, 0.4) is 0 Å². The van der Waals surface area contributed by atoms with Crippen molar-refractivity contribution in [3.63, 3.8) is 0 Å². The van der Waals surface area contributed by atoms with Gasteiger partial charge in [-0.1, -0.05) is 13.8 Å². The van der Waals surface area contributed by atoms with Crippen molar-refractivity contribution in [2.45, 2.75) is 33.1 Å². The molecular formula is C16H26N2O4+2. The molecule has 0 saturated heterocycles. The summed E-state index contributed by atoms with van der Waals surface area (Å²) in [6.45, 7) is 4.89. The number of nitrogens with zero attached hydrogens (tertiary/aromatic N) is 2. The van der Waals surface area contributed by atoms with Gasteiger partial charge >= 0.3 is 18.3 Å². The number of rotatable bonds is 7. The first-order valence-corrected chi connectivity index (χ1v) is 7.91. The van der Waals surface area contributed by atoms with Crippen LogP contribution in [-0.4, -0.2) is 57.2 Å². The van der Waals surface area contributed by atoms with Gasteiger partial charge in [0.25, 0.3) is 0 Å². The summed E-state index contributed by atoms with van der Waals surface area (Å²) in [5, 5.41) is 18.1. The van der Waals surface area contributed by atoms with Crippen molar-refractivity contribution in [1.29, 1.82) is 0 Å². The summed E-state index contributed by atoms with van der Waals surface area (Å²) in [7, 11) is 0. The molecule has 0 bridgehead atoms. The van der Waals surface area contributed by atoms with E-state index in [0.717, 1.165) is 12.5 Å². The van der Waals surface area contributed by atoms with Crippen LogP contribution in [0.15, 0.2) is 12.4 Å². The van der Waals surface area contributed by atoms with E-state index in [1.807, 2.05) is 10.8 Å². The Morgan fingerprint density at radius 2 is 1.86 bits per heavy atom. The molecule has 6 nitrogen and oxygen atoms in total. The monoisotopic (exact) mass is 310 g/mol. The third-order valence-corrected chi connectivity index (χ3v) is 4.79. The summed E-state index contributed by atoms with van der Waals surface area (Å²) in [6, 6.07) is 0. The number of hydrogen-bond acceptors (Lipinski definition) is 2. The zero-order valence-electron chi connectivity index (χ0n) is 13.3. The van der Waals surface area contributed by atoms with Crippen LogP contribution in [0.4, 0.5) is 0 Å². The predicted octanol–water partition coefficient (Wildman–Crippen LogP) is 1.57. The number of quaternary nitrogens is 1. The van der Waals surface area contributed by atoms with Crippen molar-refractivity contribution in [3.05, 3.63) is 12.4 Å². The molecule has 2 N–H and O–H groups in total. The number of carboxylic acid groups (broad SMARTS) is 2. The predicted molar refractivity (Wildman–Crippen MR) is 81.3 cm³/mol. The standard InChI is InChI=1S/C16H24N2O4/c1-12(2)14-4-3-13(7-14)8-17-5-6-18(11-17,9-15(19)20)10-16(21)22/h5-6,11-14H,3-4,7-10H2,1-2H3/p+2. The highest BCUT2D eigenvalue weighted by Gasteiger charge is 2.40. The van der Waals surface area contributed by atoms with E-state index in [-0.39, 0.29) is 17.6 Å². The third-order valence-electron chi connectivity index (χ3n) is 4.79. The van der Waals surface area contributed by atoms with E-state index in [4.69, 9.17) is 10.2 Å². The maximum Gasteiger partial charge on any atom is 0.360 e. The Morgan fingerprint density at radius 3 is 2.36 bits per heavy atom. The van der Waals surface area contributed by atoms with E-state index in [2.05, 4.69) is 13.8 Å². The first kappa shape index (κ1) is 16.7. The van der Waals surface area contributed by atoms with Gasteiger partial charge in [0.05, 0.1) is 0 Å². The third kappa shape index (κ3) is 4.16. The van der Waals surface area contributed by atoms with Gasteiger partial charge in [0.15, 0.2) is 25.8 Å². The maximum absolute atomic E-state index is 11.0. The van der Waals surface area contributed by atoms with Crippen molar-refractivity contribution >= 4 is 18.3 Å². The Labute approximate surface area is 130 Å². The second-order valence-electron chi connectivity index (χ2n) is 7.00. The molecule has 1 aliphatic heterocycles. The smallest absolute Gasteiger partial charge is 0.360 e. The maximum atomic E-state index is 11.0. The van der Waals surface area contributed by atoms with Gasteiger partial charge in [-0.2, -0.15) is 9.06 Å². The second-order valence-corrected chi connectivity index (χ2v) is 7.00. The summed E-state index contributed by atoms with van der Waals surface area (Å²) in [4.78, 5) is 22.1. The molecule has 0 spiro atoms. The highest BCUT2D eigenvalue weighted by atomic mass is 16.4. The molecule has 2 atom stereocenters. The average molecular weight is 310 g/mol. The molecule has 2 unspecified atom stereocenters. The molecule has 1 heterocycles. The van der Waals surface area contributed by atoms with E-state index in [1.165, 1.54) is 19.3 Å². The first-order valence-electron chi connectivity index (χ1n) is 7.91. The van der Waals surface area contributed by atoms with E-state index >= 15 is 0 Å². The van der Waals surface area contributed by atoms with Crippen LogP contribution in [0.1, 0.15) is 33.1 Å². The minimum Gasteiger partial charge on any atom is -0.477 e. The van der Waals surface area contributed by atoms with Crippen molar-refractivity contribution in [2.24, 2.45) is 17.8 Å². The van der Waals surface area contributed by atoms with Gasteiger partial charge in [-0.25, -0.2) is 9.59 Å². The molecule has 0 radical (unpaired) electrons. The van der Waals surface area contributed by atoms with Crippen molar-refractivity contribution in [2.75, 3.05) is 19.6 Å². The fourth-order valence-electron chi connectivity index (χ4n) is 3.63. The van der Waals surface area contributed by atoms with Crippen molar-refractivity contribution in [3.8, 4) is 0 Å². The highest BCUT2D eigenvalue weighted by Crippen LogP contribution is 2.35. The Morgan fingerprint density at radius 1 is 1.23 bits per heavy atom. The van der Waals surface area contributed by atoms with Gasteiger partial charge in [-0.05, 0) is 31.1 Å². The van der Waals surface area contributed by atoms with E-state index in [9.17, 15) is 9.59 Å². The van der Waals surface area contributed by atoms with Crippen LogP contribution in [0.25, 0.3) is 0 Å². The summed E-state index contributed by atoms with van der Waals surface area (Å²) >= 11 is 0. The molecule has 1 aliphatic carbocycles. The molecule has 0 aromatic rings. The summed E-state index contributed by atoms with van der Waals surface area (Å²) in [5.41, 5.74) is 0. The molecule has 2 rings (SSSR count). The minimum atomic E-state index is -0.996. The Hall–Kier alpha value is -1.69. The lowest BCUT2D eigenvalue weighted by Crippen LogP contribution is -2.48. The SMILES string of the molecule is CC(C)C1CCC(C[N+]2=C[N+](CC(=O)O)(CC(=O)O)C=C2)C1. The minimum absolute atomic E-state index is 0.148. The van der Waals surface area contributed by atoms with Crippen LogP contribution >= 0.6 is 0 Å². The Kier molecular flexibility index (Phi) is 5.01. The number of carboxylic acids is 2. The molecule has 2 aliphatic rings. The van der Waals surface area contributed by atoms with Gasteiger partial charge in [0.2, 0.25) is 6.20 Å². The van der Waals surface area contributed by atoms with E-state index in [1.54, 1.807) is 12.5 Å². The quantitative estimate of drug-likeness (QED) is 0.553. The fourth-order valence-corrected chi connectivity index (χ4v) is 3.63. The largest absolute Gasteiger partial charge is 0.477 e. The van der Waals surface area contributed by atoms with E-state index < -0.39 is 11.9 Å². The van der Waals surface area contributed by atoms with Crippen LogP contribution in [0.2, 0.25) is 0 Å². The molecule has 0 amide bonds. The lowest BCUT2D eigenvalue weighted by molar-refractivity contribution is -0.774. The zero-order chi connectivity index (χ0) is 16.3. The van der Waals surface area contributed by atoms with Gasteiger partial charge in [-0.15, -0.1) is 0 Å². The topological polar surface area (TPSA) is 77.6 Å². The zero-order valence-corrected chi connectivity index (χ0v) is 13.3. The molecule has 22 heavy (non-hydrogen) atoms. The fraction of sp³-hybridized carbons (Fsp3) is 0.688. The van der Waals surface area contributed by atoms with E-state index in [0.29, 0.717) is 11.8 Å². The molecule has 122 valence electrons. The van der Waals surface area contributed by atoms with Crippen molar-refractivity contribution < 1.29 is 28.9 Å². The highest BCUT2D eigenvalue weighted by molar-refractivity contribution is 5.73. The van der Waals surface area contributed by atoms with Gasteiger partial charge in [0, 0.05) is 5.92 Å². The molecule has 1 fully saturated rings. The lowest BCUT2D eigenvalue weighted by Gasteiger charge is -2.19. The van der Waals surface area contributed by atoms with Crippen LogP contribution < -0.4 is 0 Å². The molecular weight excluding hydrogens is 284 g/mol. The first-order chi connectivity index (χ1) is 10.3. The second kappa shape index (κ2) is 6.60. The van der Waals surface area contributed by atoms with Crippen molar-refractivity contribution in [1.82, 2.24) is 0 Å². The summed E-state index contributed by atoms with van der Waals surface area (Å²) in [6.07, 6.45) is 8.90. The molecule has 1 saturated carbocycles. The summed E-state index contributed by atoms with van der Waals surface area (Å²) in [5.74, 6) is 0.0864. The Bertz CT molecular complexity index is 494. The lowest BCUT2D eigenvalue weighted by atomic mass is 9.93. The number of carbonyl (C=O) groups is 2. The molecule has 0 aromatic carbocycles. The van der Waals surface area contributed by atoms with Gasteiger partial charge in [-0.3, -0.25) is 0 Å². The number of aliphatic carboxylic acids is 2. The van der Waals surface area contributed by atoms with Crippen LogP contribution in [0, 0.1) is 17.8 Å². The summed E-state index contributed by atoms with van der Waals surface area (Å²) < 4.78 is 1.82. The normalized spacial score (nSPS) is 26.4. The van der Waals surface area contributed by atoms with Crippen LogP contribution in [0.5, 0.6) is 0 Å². The van der Waals surface area contributed by atoms with Gasteiger partial charge < -0.3 is 10.2 Å². The van der Waals surface area contributed by atoms with Crippen LogP contribution in [-0.2, 0) is 9.59 Å².